The van der Waals surface area contributed by atoms with Gasteiger partial charge in [-0.15, -0.1) is 0 Å². The molecule has 0 aromatic heterocycles. The SMILES string of the molecule is CC(C)=C/N=C(\C)CN1CCCCC1. The molecule has 0 aromatic rings. The molecule has 2 nitrogen and oxygen atoms in total. The molecule has 1 rings (SSSR count). The number of rotatable bonds is 3. The van der Waals surface area contributed by atoms with E-state index in [-0.39, 0.29) is 0 Å². The van der Waals surface area contributed by atoms with Crippen LogP contribution >= 0.6 is 0 Å². The highest BCUT2D eigenvalue weighted by Gasteiger charge is 2.09. The van der Waals surface area contributed by atoms with Crippen LogP contribution < -0.4 is 0 Å². The van der Waals surface area contributed by atoms with Gasteiger partial charge in [0, 0.05) is 18.5 Å². The van der Waals surface area contributed by atoms with Crippen LogP contribution in [-0.4, -0.2) is 30.2 Å². The summed E-state index contributed by atoms with van der Waals surface area (Å²) in [5, 5.41) is 0. The molecule has 2 heteroatoms. The van der Waals surface area contributed by atoms with Crippen LogP contribution in [0.25, 0.3) is 0 Å². The number of hydrogen-bond acceptors (Lipinski definition) is 2. The van der Waals surface area contributed by atoms with Crippen molar-refractivity contribution in [3.63, 3.8) is 0 Å². The minimum Gasteiger partial charge on any atom is -0.298 e. The van der Waals surface area contributed by atoms with E-state index in [0.29, 0.717) is 0 Å². The third-order valence-corrected chi connectivity index (χ3v) is 2.44. The molecule has 1 saturated heterocycles. The van der Waals surface area contributed by atoms with Crippen LogP contribution in [0.1, 0.15) is 40.0 Å². The third-order valence-electron chi connectivity index (χ3n) is 2.44. The van der Waals surface area contributed by atoms with Gasteiger partial charge in [-0.2, -0.15) is 0 Å². The summed E-state index contributed by atoms with van der Waals surface area (Å²) in [4.78, 5) is 6.93. The Bertz CT molecular complexity index is 218. The number of aliphatic imine (C=N–C) groups is 1. The van der Waals surface area contributed by atoms with Crippen LogP contribution in [0, 0.1) is 0 Å². The smallest absolute Gasteiger partial charge is 0.0365 e. The number of hydrogen-bond donors (Lipinski definition) is 0. The van der Waals surface area contributed by atoms with Crippen LogP contribution in [0.15, 0.2) is 16.8 Å². The standard InChI is InChI=1S/C12H22N2/c1-11(2)9-13-12(3)10-14-7-5-4-6-8-14/h9H,4-8,10H2,1-3H3/b13-12+. The maximum atomic E-state index is 4.43. The molecule has 0 spiro atoms. The van der Waals surface area contributed by atoms with E-state index in [1.54, 1.807) is 0 Å². The predicted molar refractivity (Wildman–Crippen MR) is 62.8 cm³/mol. The minimum atomic E-state index is 1.05. The van der Waals surface area contributed by atoms with E-state index in [9.17, 15) is 0 Å². The zero-order valence-corrected chi connectivity index (χ0v) is 9.71. The van der Waals surface area contributed by atoms with Gasteiger partial charge in [-0.1, -0.05) is 12.0 Å². The van der Waals surface area contributed by atoms with Crippen molar-refractivity contribution in [3.8, 4) is 0 Å². The highest BCUT2D eigenvalue weighted by atomic mass is 15.1. The monoisotopic (exact) mass is 194 g/mol. The van der Waals surface area contributed by atoms with Crippen molar-refractivity contribution >= 4 is 5.71 Å². The molecule has 0 unspecified atom stereocenters. The summed E-state index contributed by atoms with van der Waals surface area (Å²) in [6.07, 6.45) is 6.08. The molecule has 0 aromatic carbocycles. The van der Waals surface area contributed by atoms with Gasteiger partial charge >= 0.3 is 0 Å². The van der Waals surface area contributed by atoms with Crippen LogP contribution in [0.3, 0.4) is 0 Å². The van der Waals surface area contributed by atoms with Crippen molar-refractivity contribution in [3.05, 3.63) is 11.8 Å². The molecule has 0 bridgehead atoms. The first kappa shape index (κ1) is 11.4. The Morgan fingerprint density at radius 2 is 1.79 bits per heavy atom. The number of likely N-dealkylation sites (tertiary alicyclic amines) is 1. The number of nitrogens with zero attached hydrogens (tertiary/aromatic N) is 2. The third kappa shape index (κ3) is 4.56. The maximum Gasteiger partial charge on any atom is 0.0365 e. The van der Waals surface area contributed by atoms with Crippen LogP contribution in [0.5, 0.6) is 0 Å². The fourth-order valence-electron chi connectivity index (χ4n) is 1.72. The van der Waals surface area contributed by atoms with Crippen molar-refractivity contribution in [2.45, 2.75) is 40.0 Å². The average Bonchev–Trinajstić information content (AvgIpc) is 2.16. The second-order valence-electron chi connectivity index (χ2n) is 4.41. The van der Waals surface area contributed by atoms with Crippen LogP contribution in [0.2, 0.25) is 0 Å². The average molecular weight is 194 g/mol. The molecule has 0 amide bonds. The molecule has 1 heterocycles. The van der Waals surface area contributed by atoms with Gasteiger partial charge < -0.3 is 0 Å². The van der Waals surface area contributed by atoms with Crippen LogP contribution in [0.4, 0.5) is 0 Å². The normalized spacial score (nSPS) is 19.5. The van der Waals surface area contributed by atoms with E-state index in [1.165, 1.54) is 43.6 Å². The Morgan fingerprint density at radius 1 is 1.14 bits per heavy atom. The summed E-state index contributed by atoms with van der Waals surface area (Å²) in [5.74, 6) is 0. The highest BCUT2D eigenvalue weighted by Crippen LogP contribution is 2.08. The molecule has 1 aliphatic heterocycles. The summed E-state index contributed by atoms with van der Waals surface area (Å²) in [6, 6.07) is 0. The fourth-order valence-corrected chi connectivity index (χ4v) is 1.72. The van der Waals surface area contributed by atoms with Gasteiger partial charge in [-0.3, -0.25) is 9.89 Å². The van der Waals surface area contributed by atoms with Gasteiger partial charge in [0.05, 0.1) is 0 Å². The molecule has 0 atom stereocenters. The number of allylic oxidation sites excluding steroid dienone is 1. The molecular formula is C12H22N2. The first-order chi connectivity index (χ1) is 6.68. The molecule has 14 heavy (non-hydrogen) atoms. The summed E-state index contributed by atoms with van der Waals surface area (Å²) < 4.78 is 0. The van der Waals surface area contributed by atoms with E-state index in [0.717, 1.165) is 6.54 Å². The first-order valence-electron chi connectivity index (χ1n) is 5.57. The molecule has 1 aliphatic rings. The predicted octanol–water partition coefficient (Wildman–Crippen LogP) is 2.86. The lowest BCUT2D eigenvalue weighted by Gasteiger charge is -2.25. The van der Waals surface area contributed by atoms with E-state index < -0.39 is 0 Å². The Balaban J connectivity index is 2.34. The number of piperidine rings is 1. The Labute approximate surface area is 87.7 Å². The van der Waals surface area contributed by atoms with Crippen molar-refractivity contribution in [1.82, 2.24) is 4.90 Å². The van der Waals surface area contributed by atoms with Crippen molar-refractivity contribution in [2.24, 2.45) is 4.99 Å². The summed E-state index contributed by atoms with van der Waals surface area (Å²) in [5.41, 5.74) is 2.50. The quantitative estimate of drug-likeness (QED) is 0.631. The molecule has 1 fully saturated rings. The van der Waals surface area contributed by atoms with Crippen molar-refractivity contribution < 1.29 is 0 Å². The second-order valence-corrected chi connectivity index (χ2v) is 4.41. The minimum absolute atomic E-state index is 1.05. The Hall–Kier alpha value is -0.630. The van der Waals surface area contributed by atoms with E-state index in [1.807, 2.05) is 6.20 Å². The Morgan fingerprint density at radius 3 is 2.36 bits per heavy atom. The lowest BCUT2D eigenvalue weighted by Crippen LogP contribution is -2.33. The summed E-state index contributed by atoms with van der Waals surface area (Å²) in [7, 11) is 0. The topological polar surface area (TPSA) is 15.6 Å². The van der Waals surface area contributed by atoms with Gasteiger partial charge in [-0.05, 0) is 46.7 Å². The molecular weight excluding hydrogens is 172 g/mol. The maximum absolute atomic E-state index is 4.43. The van der Waals surface area contributed by atoms with Gasteiger partial charge in [0.15, 0.2) is 0 Å². The van der Waals surface area contributed by atoms with Crippen molar-refractivity contribution in [2.75, 3.05) is 19.6 Å². The molecule has 0 saturated carbocycles. The second kappa shape index (κ2) is 5.97. The van der Waals surface area contributed by atoms with Gasteiger partial charge in [0.1, 0.15) is 0 Å². The zero-order valence-electron chi connectivity index (χ0n) is 9.71. The van der Waals surface area contributed by atoms with E-state index in [4.69, 9.17) is 0 Å². The largest absolute Gasteiger partial charge is 0.298 e. The van der Waals surface area contributed by atoms with Crippen LogP contribution in [-0.2, 0) is 0 Å². The zero-order chi connectivity index (χ0) is 10.4. The molecule has 0 radical (unpaired) electrons. The molecule has 0 aliphatic carbocycles. The van der Waals surface area contributed by atoms with E-state index >= 15 is 0 Å². The van der Waals surface area contributed by atoms with Crippen molar-refractivity contribution in [1.29, 1.82) is 0 Å². The van der Waals surface area contributed by atoms with Gasteiger partial charge in [-0.25, -0.2) is 0 Å². The highest BCUT2D eigenvalue weighted by molar-refractivity contribution is 5.84. The summed E-state index contributed by atoms with van der Waals surface area (Å²) >= 11 is 0. The molecule has 80 valence electrons. The fraction of sp³-hybridized carbons (Fsp3) is 0.750. The lowest BCUT2D eigenvalue weighted by molar-refractivity contribution is 0.258. The van der Waals surface area contributed by atoms with E-state index in [2.05, 4.69) is 30.7 Å². The van der Waals surface area contributed by atoms with Gasteiger partial charge in [0.2, 0.25) is 0 Å². The lowest BCUT2D eigenvalue weighted by atomic mass is 10.1. The Kier molecular flexibility index (Phi) is 4.88. The summed E-state index contributed by atoms with van der Waals surface area (Å²) in [6.45, 7) is 9.83. The first-order valence-corrected chi connectivity index (χ1v) is 5.57. The van der Waals surface area contributed by atoms with Gasteiger partial charge in [0.25, 0.3) is 0 Å². The molecule has 0 N–H and O–H groups in total.